The molecule has 1 heterocycles. The third kappa shape index (κ3) is 11.4. The topological polar surface area (TPSA) is 93.4 Å². The predicted octanol–water partition coefficient (Wildman–Crippen LogP) is 4.23. The molecule has 0 radical (unpaired) electrons. The third-order valence-electron chi connectivity index (χ3n) is 3.84. The Kier molecular flexibility index (Phi) is 12.1. The lowest BCUT2D eigenvalue weighted by atomic mass is 10.1. The van der Waals surface area contributed by atoms with Gasteiger partial charge in [0.2, 0.25) is 0 Å². The van der Waals surface area contributed by atoms with Gasteiger partial charge >= 0.3 is 5.97 Å². The van der Waals surface area contributed by atoms with Gasteiger partial charge in [-0.05, 0) is 32.0 Å². The molecule has 0 saturated heterocycles. The van der Waals surface area contributed by atoms with Crippen molar-refractivity contribution in [3.63, 3.8) is 0 Å². The van der Waals surface area contributed by atoms with Gasteiger partial charge in [0.25, 0.3) is 5.56 Å². The van der Waals surface area contributed by atoms with E-state index < -0.39 is 11.5 Å². The van der Waals surface area contributed by atoms with Crippen molar-refractivity contribution < 1.29 is 19.0 Å². The minimum absolute atomic E-state index is 0.0567. The van der Waals surface area contributed by atoms with Crippen LogP contribution >= 0.6 is 12.2 Å². The Morgan fingerprint density at radius 2 is 1.63 bits per heavy atom. The van der Waals surface area contributed by atoms with Crippen LogP contribution in [0.1, 0.15) is 68.6 Å². The van der Waals surface area contributed by atoms with Gasteiger partial charge in [0.05, 0.1) is 19.0 Å². The molecule has 0 spiro atoms. The molecule has 0 fully saturated rings. The van der Waals surface area contributed by atoms with E-state index in [0.717, 1.165) is 32.1 Å². The summed E-state index contributed by atoms with van der Waals surface area (Å²) in [6.07, 6.45) is 9.94. The number of unbranched alkanes of at least 4 members (excludes halogenated alkanes) is 7. The highest BCUT2D eigenvalue weighted by atomic mass is 32.1. The van der Waals surface area contributed by atoms with E-state index in [-0.39, 0.29) is 17.1 Å². The van der Waals surface area contributed by atoms with Gasteiger partial charge in [-0.25, -0.2) is 4.79 Å². The second-order valence-electron chi connectivity index (χ2n) is 6.32. The van der Waals surface area contributed by atoms with Gasteiger partial charge in [0.15, 0.2) is 11.6 Å². The zero-order chi connectivity index (χ0) is 19.9. The number of allylic oxidation sites excluding steroid dienone is 1. The summed E-state index contributed by atoms with van der Waals surface area (Å²) in [5.74, 6) is 0.0429. The molecule has 152 valence electrons. The van der Waals surface area contributed by atoms with E-state index in [9.17, 15) is 9.59 Å². The Bertz CT molecular complexity index is 683. The lowest BCUT2D eigenvalue weighted by Crippen LogP contribution is -2.20. The molecule has 2 N–H and O–H groups in total. The molecule has 0 saturated carbocycles. The summed E-state index contributed by atoms with van der Waals surface area (Å²) >= 11 is 4.77. The second kappa shape index (κ2) is 14.2. The number of aromatic amines is 2. The van der Waals surface area contributed by atoms with Crippen LogP contribution in [-0.4, -0.2) is 35.9 Å². The van der Waals surface area contributed by atoms with Crippen molar-refractivity contribution in [1.82, 2.24) is 9.97 Å². The molecule has 0 aliphatic rings. The van der Waals surface area contributed by atoms with Gasteiger partial charge in [-0.3, -0.25) is 9.78 Å². The molecule has 0 bridgehead atoms. The Morgan fingerprint density at radius 1 is 1.04 bits per heavy atom. The minimum atomic E-state index is -0.627. The van der Waals surface area contributed by atoms with Crippen LogP contribution in [0.4, 0.5) is 0 Å². The van der Waals surface area contributed by atoms with E-state index in [0.29, 0.717) is 19.0 Å². The van der Waals surface area contributed by atoms with Gasteiger partial charge in [-0.1, -0.05) is 45.1 Å². The molecule has 1 aromatic heterocycles. The van der Waals surface area contributed by atoms with Crippen LogP contribution in [0.2, 0.25) is 0 Å². The quantitative estimate of drug-likeness (QED) is 0.151. The van der Waals surface area contributed by atoms with Crippen molar-refractivity contribution in [3.05, 3.63) is 39.2 Å². The Balaban J connectivity index is 1.92. The molecule has 8 heteroatoms. The van der Waals surface area contributed by atoms with Crippen molar-refractivity contribution in [2.75, 3.05) is 20.0 Å². The zero-order valence-corrected chi connectivity index (χ0v) is 16.8. The highest BCUT2D eigenvalue weighted by Crippen LogP contribution is 2.09. The number of hydrogen-bond acceptors (Lipinski definition) is 6. The maximum atomic E-state index is 11.8. The molecule has 0 atom stereocenters. The Morgan fingerprint density at radius 3 is 2.22 bits per heavy atom. The zero-order valence-electron chi connectivity index (χ0n) is 16.0. The van der Waals surface area contributed by atoms with Crippen LogP contribution in [-0.2, 0) is 14.2 Å². The van der Waals surface area contributed by atoms with Crippen molar-refractivity contribution in [3.8, 4) is 0 Å². The minimum Gasteiger partial charge on any atom is -0.473 e. The predicted molar refractivity (Wildman–Crippen MR) is 106 cm³/mol. The Hall–Kier alpha value is -1.93. The molecule has 1 rings (SSSR count). The van der Waals surface area contributed by atoms with Gasteiger partial charge in [-0.2, -0.15) is 0 Å². The van der Waals surface area contributed by atoms with Crippen molar-refractivity contribution in [2.24, 2.45) is 0 Å². The molecule has 1 aromatic rings. The van der Waals surface area contributed by atoms with Gasteiger partial charge < -0.3 is 19.2 Å². The van der Waals surface area contributed by atoms with Crippen LogP contribution in [0.5, 0.6) is 0 Å². The number of aromatic nitrogens is 2. The van der Waals surface area contributed by atoms with Crippen LogP contribution in [0, 0.1) is 4.77 Å². The second-order valence-corrected chi connectivity index (χ2v) is 6.73. The molecule has 7 nitrogen and oxygen atoms in total. The summed E-state index contributed by atoms with van der Waals surface area (Å²) in [7, 11) is 0. The fraction of sp³-hybridized carbons (Fsp3) is 0.632. The number of rotatable bonds is 15. The SMILES string of the molecule is C=C(C)OCOCCCCCCCCCCOC(=O)c1c[nH]c(=S)[nH]c1=O. The van der Waals surface area contributed by atoms with Gasteiger partial charge in [-0.15, -0.1) is 0 Å². The third-order valence-corrected chi connectivity index (χ3v) is 4.06. The first-order valence-corrected chi connectivity index (χ1v) is 9.76. The van der Waals surface area contributed by atoms with Gasteiger partial charge in [0.1, 0.15) is 5.56 Å². The highest BCUT2D eigenvalue weighted by Gasteiger charge is 2.11. The number of esters is 1. The lowest BCUT2D eigenvalue weighted by Gasteiger charge is -2.06. The van der Waals surface area contributed by atoms with Crippen LogP contribution in [0.3, 0.4) is 0 Å². The average molecular weight is 399 g/mol. The summed E-state index contributed by atoms with van der Waals surface area (Å²) in [5.41, 5.74) is -0.587. The van der Waals surface area contributed by atoms with E-state index in [1.165, 1.54) is 25.5 Å². The van der Waals surface area contributed by atoms with Crippen molar-refractivity contribution in [2.45, 2.75) is 58.3 Å². The van der Waals surface area contributed by atoms with Gasteiger partial charge in [0, 0.05) is 6.20 Å². The maximum Gasteiger partial charge on any atom is 0.345 e. The van der Waals surface area contributed by atoms with Crippen LogP contribution in [0.25, 0.3) is 0 Å². The molecule has 0 aromatic carbocycles. The molecule has 0 amide bonds. The summed E-state index contributed by atoms with van der Waals surface area (Å²) in [4.78, 5) is 28.3. The highest BCUT2D eigenvalue weighted by molar-refractivity contribution is 7.71. The van der Waals surface area contributed by atoms with E-state index in [1.54, 1.807) is 6.92 Å². The van der Waals surface area contributed by atoms with E-state index in [1.807, 2.05) is 0 Å². The largest absolute Gasteiger partial charge is 0.473 e. The fourth-order valence-electron chi connectivity index (χ4n) is 2.37. The van der Waals surface area contributed by atoms with Crippen LogP contribution < -0.4 is 5.56 Å². The summed E-state index contributed by atoms with van der Waals surface area (Å²) < 4.78 is 15.7. The van der Waals surface area contributed by atoms with Crippen molar-refractivity contribution in [1.29, 1.82) is 0 Å². The lowest BCUT2D eigenvalue weighted by molar-refractivity contribution is -0.0234. The molecule has 0 aliphatic carbocycles. The summed E-state index contributed by atoms with van der Waals surface area (Å²) in [5, 5.41) is 0. The first kappa shape index (κ1) is 23.1. The number of hydrogen-bond donors (Lipinski definition) is 2. The van der Waals surface area contributed by atoms with E-state index >= 15 is 0 Å². The van der Waals surface area contributed by atoms with E-state index in [4.69, 9.17) is 26.4 Å². The number of ether oxygens (including phenoxy) is 3. The van der Waals surface area contributed by atoms with Crippen LogP contribution in [0.15, 0.2) is 23.3 Å². The first-order chi connectivity index (χ1) is 13.0. The molecule has 0 unspecified atom stereocenters. The Labute approximate surface area is 165 Å². The molecule has 0 aliphatic heterocycles. The monoisotopic (exact) mass is 398 g/mol. The molecular formula is C19H30N2O5S. The number of carbonyl (C=O) groups excluding carboxylic acids is 1. The van der Waals surface area contributed by atoms with Crippen molar-refractivity contribution >= 4 is 18.2 Å². The number of H-pyrrole nitrogens is 2. The molecule has 27 heavy (non-hydrogen) atoms. The number of nitrogens with one attached hydrogen (secondary N) is 2. The summed E-state index contributed by atoms with van der Waals surface area (Å²) in [6, 6.07) is 0. The maximum absolute atomic E-state index is 11.8. The summed E-state index contributed by atoms with van der Waals surface area (Å²) in [6.45, 7) is 6.75. The fourth-order valence-corrected chi connectivity index (χ4v) is 2.52. The first-order valence-electron chi connectivity index (χ1n) is 9.36. The number of carbonyl (C=O) groups is 1. The average Bonchev–Trinajstić information content (AvgIpc) is 2.61. The molecular weight excluding hydrogens is 368 g/mol. The smallest absolute Gasteiger partial charge is 0.345 e. The van der Waals surface area contributed by atoms with E-state index in [2.05, 4.69) is 16.5 Å². The standard InChI is InChI=1S/C19H30N2O5S/c1-15(2)26-14-24-11-9-7-5-3-4-6-8-10-12-25-18(23)16-13-20-19(27)21-17(16)22/h13H,1,3-12,14H2,2H3,(H2,20,21,22,27). The normalized spacial score (nSPS) is 10.6.